The fourth-order valence-corrected chi connectivity index (χ4v) is 3.29. The summed E-state index contributed by atoms with van der Waals surface area (Å²) in [6.45, 7) is 0.369. The number of benzene rings is 2. The second kappa shape index (κ2) is 6.74. The molecule has 3 rings (SSSR count). The molecule has 8 heteroatoms. The quantitative estimate of drug-likeness (QED) is 0.629. The van der Waals surface area contributed by atoms with Crippen LogP contribution in [0.5, 0.6) is 0 Å². The van der Waals surface area contributed by atoms with Crippen molar-refractivity contribution >= 4 is 38.0 Å². The molecule has 0 aliphatic heterocycles. The van der Waals surface area contributed by atoms with Crippen LogP contribution in [0.3, 0.4) is 0 Å². The van der Waals surface area contributed by atoms with E-state index in [0.29, 0.717) is 28.8 Å². The summed E-state index contributed by atoms with van der Waals surface area (Å²) in [5.41, 5.74) is 13.9. The van der Waals surface area contributed by atoms with Gasteiger partial charge in [-0.15, -0.1) is 0 Å². The summed E-state index contributed by atoms with van der Waals surface area (Å²) < 4.78 is 23.8. The number of hydrogen-bond acceptors (Lipinski definition) is 6. The third kappa shape index (κ3) is 3.51. The van der Waals surface area contributed by atoms with Crippen LogP contribution in [-0.2, 0) is 16.4 Å². The summed E-state index contributed by atoms with van der Waals surface area (Å²) in [5, 5.41) is 3.65. The molecule has 0 bridgehead atoms. The molecule has 1 amide bonds. The molecule has 2 aromatic carbocycles. The highest BCUT2D eigenvalue weighted by atomic mass is 32.2. The minimum atomic E-state index is -3.42. The number of sulfone groups is 1. The Kier molecular flexibility index (Phi) is 4.62. The Morgan fingerprint density at radius 2 is 1.96 bits per heavy atom. The number of hydrogen-bond donors (Lipinski definition) is 3. The first-order chi connectivity index (χ1) is 12.3. The van der Waals surface area contributed by atoms with Crippen LogP contribution in [0.15, 0.2) is 53.6 Å². The number of nitrogens with two attached hydrogens (primary N) is 2. The molecular weight excluding hydrogens is 352 g/mol. The maximum Gasteiger partial charge on any atom is 0.252 e. The molecular formula is C18H18N4O3S. The van der Waals surface area contributed by atoms with Gasteiger partial charge in [0.15, 0.2) is 9.84 Å². The van der Waals surface area contributed by atoms with E-state index in [1.165, 1.54) is 18.3 Å². The molecule has 134 valence electrons. The normalized spacial score (nSPS) is 11.5. The van der Waals surface area contributed by atoms with Gasteiger partial charge in [-0.3, -0.25) is 9.78 Å². The number of carbonyl (C=O) groups is 1. The van der Waals surface area contributed by atoms with Gasteiger partial charge >= 0.3 is 0 Å². The molecule has 0 unspecified atom stereocenters. The Labute approximate surface area is 151 Å². The molecule has 7 nitrogen and oxygen atoms in total. The topological polar surface area (TPSA) is 128 Å². The fourth-order valence-electron chi connectivity index (χ4n) is 2.64. The highest BCUT2D eigenvalue weighted by molar-refractivity contribution is 7.90. The molecule has 0 atom stereocenters. The van der Waals surface area contributed by atoms with Gasteiger partial charge in [0.05, 0.1) is 21.7 Å². The van der Waals surface area contributed by atoms with E-state index in [4.69, 9.17) is 11.5 Å². The highest BCUT2D eigenvalue weighted by Gasteiger charge is 2.16. The van der Waals surface area contributed by atoms with Crippen molar-refractivity contribution in [3.05, 3.63) is 59.8 Å². The van der Waals surface area contributed by atoms with Gasteiger partial charge in [0.1, 0.15) is 0 Å². The summed E-state index contributed by atoms with van der Waals surface area (Å²) in [6, 6.07) is 11.9. The summed E-state index contributed by atoms with van der Waals surface area (Å²) in [7, 11) is -3.42. The van der Waals surface area contributed by atoms with E-state index < -0.39 is 15.7 Å². The standard InChI is InChI=1S/C18H18N4O3S/c1-26(24,25)13-5-6-16-14(8-13)17(15(10-21-16)18(20)23)22-12-4-2-3-11(7-12)9-19/h2-8,10H,9,19H2,1H3,(H2,20,23)(H,21,22). The lowest BCUT2D eigenvalue weighted by atomic mass is 10.1. The van der Waals surface area contributed by atoms with E-state index in [2.05, 4.69) is 10.3 Å². The minimum absolute atomic E-state index is 0.132. The van der Waals surface area contributed by atoms with Crippen LogP contribution in [0, 0.1) is 0 Å². The highest BCUT2D eigenvalue weighted by Crippen LogP contribution is 2.31. The van der Waals surface area contributed by atoms with Crippen molar-refractivity contribution in [1.29, 1.82) is 0 Å². The zero-order valence-corrected chi connectivity index (χ0v) is 14.9. The van der Waals surface area contributed by atoms with Crippen molar-refractivity contribution < 1.29 is 13.2 Å². The van der Waals surface area contributed by atoms with Gasteiger partial charge in [-0.2, -0.15) is 0 Å². The van der Waals surface area contributed by atoms with Crippen LogP contribution in [-0.4, -0.2) is 25.6 Å². The molecule has 0 aliphatic rings. The summed E-state index contributed by atoms with van der Waals surface area (Å²) >= 11 is 0. The maximum absolute atomic E-state index is 11.9. The van der Waals surface area contributed by atoms with Crippen LogP contribution < -0.4 is 16.8 Å². The second-order valence-electron chi connectivity index (χ2n) is 5.89. The summed E-state index contributed by atoms with van der Waals surface area (Å²) in [5.74, 6) is -0.665. The average molecular weight is 370 g/mol. The van der Waals surface area contributed by atoms with Crippen LogP contribution in [0.2, 0.25) is 0 Å². The average Bonchev–Trinajstić information content (AvgIpc) is 2.60. The van der Waals surface area contributed by atoms with E-state index in [1.807, 2.05) is 24.3 Å². The van der Waals surface area contributed by atoms with Gasteiger partial charge in [0, 0.05) is 30.1 Å². The van der Waals surface area contributed by atoms with Crippen molar-refractivity contribution in [2.75, 3.05) is 11.6 Å². The van der Waals surface area contributed by atoms with E-state index in [0.717, 1.165) is 11.8 Å². The largest absolute Gasteiger partial charge is 0.365 e. The predicted octanol–water partition coefficient (Wildman–Crippen LogP) is 1.94. The van der Waals surface area contributed by atoms with Gasteiger partial charge in [-0.25, -0.2) is 8.42 Å². The Morgan fingerprint density at radius 3 is 2.62 bits per heavy atom. The number of anilines is 2. The molecule has 0 aliphatic carbocycles. The van der Waals surface area contributed by atoms with Crippen LogP contribution >= 0.6 is 0 Å². The number of pyridine rings is 1. The molecule has 3 aromatic rings. The van der Waals surface area contributed by atoms with Crippen molar-refractivity contribution in [2.24, 2.45) is 11.5 Å². The van der Waals surface area contributed by atoms with E-state index >= 15 is 0 Å². The number of aromatic nitrogens is 1. The number of fused-ring (bicyclic) bond motifs is 1. The van der Waals surface area contributed by atoms with E-state index in [-0.39, 0.29) is 10.5 Å². The predicted molar refractivity (Wildman–Crippen MR) is 101 cm³/mol. The fraction of sp³-hybridized carbons (Fsp3) is 0.111. The zero-order valence-electron chi connectivity index (χ0n) is 14.1. The molecule has 1 heterocycles. The van der Waals surface area contributed by atoms with E-state index in [9.17, 15) is 13.2 Å². The minimum Gasteiger partial charge on any atom is -0.365 e. The summed E-state index contributed by atoms with van der Waals surface area (Å²) in [6.07, 6.45) is 2.50. The van der Waals surface area contributed by atoms with Gasteiger partial charge in [-0.05, 0) is 35.9 Å². The van der Waals surface area contributed by atoms with Gasteiger partial charge < -0.3 is 16.8 Å². The maximum atomic E-state index is 11.9. The Morgan fingerprint density at radius 1 is 1.19 bits per heavy atom. The van der Waals surface area contributed by atoms with Gasteiger partial charge in [0.2, 0.25) is 0 Å². The summed E-state index contributed by atoms with van der Waals surface area (Å²) in [4.78, 5) is 16.2. The van der Waals surface area contributed by atoms with Crippen molar-refractivity contribution in [2.45, 2.75) is 11.4 Å². The first kappa shape index (κ1) is 17.8. The third-order valence-corrected chi connectivity index (χ3v) is 5.08. The lowest BCUT2D eigenvalue weighted by Gasteiger charge is -2.14. The lowest BCUT2D eigenvalue weighted by molar-refractivity contribution is 0.100. The van der Waals surface area contributed by atoms with Crippen LogP contribution in [0.25, 0.3) is 10.9 Å². The smallest absolute Gasteiger partial charge is 0.252 e. The first-order valence-electron chi connectivity index (χ1n) is 7.78. The monoisotopic (exact) mass is 370 g/mol. The number of nitrogens with one attached hydrogen (secondary N) is 1. The first-order valence-corrected chi connectivity index (χ1v) is 9.67. The molecule has 26 heavy (non-hydrogen) atoms. The van der Waals surface area contributed by atoms with Gasteiger partial charge in [0.25, 0.3) is 5.91 Å². The molecule has 0 fully saturated rings. The number of carbonyl (C=O) groups excluding carboxylic acids is 1. The molecule has 1 aromatic heterocycles. The Balaban J connectivity index is 2.25. The van der Waals surface area contributed by atoms with Crippen LogP contribution in [0.4, 0.5) is 11.4 Å². The number of primary amides is 1. The molecule has 0 radical (unpaired) electrons. The second-order valence-corrected chi connectivity index (χ2v) is 7.91. The van der Waals surface area contributed by atoms with Gasteiger partial charge in [-0.1, -0.05) is 12.1 Å². The SMILES string of the molecule is CS(=O)(=O)c1ccc2ncc(C(N)=O)c(Nc3cccc(CN)c3)c2c1. The molecule has 0 saturated carbocycles. The molecule has 5 N–H and O–H groups in total. The Bertz CT molecular complexity index is 1110. The van der Waals surface area contributed by atoms with Crippen LogP contribution in [0.1, 0.15) is 15.9 Å². The number of nitrogens with zero attached hydrogens (tertiary/aromatic N) is 1. The molecule has 0 saturated heterocycles. The van der Waals surface area contributed by atoms with Crippen molar-refractivity contribution in [3.63, 3.8) is 0 Å². The van der Waals surface area contributed by atoms with E-state index in [1.54, 1.807) is 6.07 Å². The Hall–Kier alpha value is -2.97. The zero-order chi connectivity index (χ0) is 18.9. The van der Waals surface area contributed by atoms with Crippen molar-refractivity contribution in [1.82, 2.24) is 4.98 Å². The number of rotatable bonds is 5. The molecule has 0 spiro atoms. The lowest BCUT2D eigenvalue weighted by Crippen LogP contribution is -2.14. The number of amides is 1. The third-order valence-electron chi connectivity index (χ3n) is 3.97. The van der Waals surface area contributed by atoms with Crippen molar-refractivity contribution in [3.8, 4) is 0 Å².